The number of halogens is 1. The fraction of sp³-hybridized carbons (Fsp3) is 0.263. The highest BCUT2D eigenvalue weighted by molar-refractivity contribution is 9.10. The van der Waals surface area contributed by atoms with Crippen LogP contribution in [0.1, 0.15) is 28.8 Å². The summed E-state index contributed by atoms with van der Waals surface area (Å²) in [6.07, 6.45) is 0.853. The zero-order valence-electron chi connectivity index (χ0n) is 14.2. The number of carbonyl (C=O) groups is 2. The second-order valence-corrected chi connectivity index (χ2v) is 6.33. The highest BCUT2D eigenvalue weighted by atomic mass is 79.9. The average Bonchev–Trinajstić information content (AvgIpc) is 2.60. The highest BCUT2D eigenvalue weighted by Gasteiger charge is 2.13. The fourth-order valence-electron chi connectivity index (χ4n) is 2.23. The number of hydrogen-bond donors (Lipinski definition) is 1. The second kappa shape index (κ2) is 9.22. The monoisotopic (exact) mass is 405 g/mol. The number of carbonyl (C=O) groups excluding carboxylic acids is 2. The first-order valence-electron chi connectivity index (χ1n) is 7.87. The van der Waals surface area contributed by atoms with Gasteiger partial charge in [-0.15, -0.1) is 0 Å². The average molecular weight is 406 g/mol. The smallest absolute Gasteiger partial charge is 0.339 e. The van der Waals surface area contributed by atoms with E-state index in [9.17, 15) is 9.59 Å². The van der Waals surface area contributed by atoms with Gasteiger partial charge in [-0.1, -0.05) is 18.2 Å². The number of esters is 1. The van der Waals surface area contributed by atoms with Crippen molar-refractivity contribution in [1.29, 1.82) is 0 Å². The SMILES string of the molecule is COC(=O)c1ccccc1NC(=O)CCCOc1ccc(C)cc1Br. The molecule has 0 aliphatic carbocycles. The number of nitrogens with one attached hydrogen (secondary N) is 1. The van der Waals surface area contributed by atoms with Gasteiger partial charge in [0.05, 0.1) is 29.4 Å². The van der Waals surface area contributed by atoms with Gasteiger partial charge in [-0.2, -0.15) is 0 Å². The molecule has 6 heteroatoms. The minimum Gasteiger partial charge on any atom is -0.492 e. The van der Waals surface area contributed by atoms with Crippen LogP contribution in [-0.4, -0.2) is 25.6 Å². The van der Waals surface area contributed by atoms with E-state index in [2.05, 4.69) is 21.2 Å². The van der Waals surface area contributed by atoms with Crippen LogP contribution in [0.4, 0.5) is 5.69 Å². The van der Waals surface area contributed by atoms with Gasteiger partial charge in [0.1, 0.15) is 5.75 Å². The Labute approximate surface area is 155 Å². The topological polar surface area (TPSA) is 64.6 Å². The third-order valence-electron chi connectivity index (χ3n) is 3.50. The molecule has 0 unspecified atom stereocenters. The van der Waals surface area contributed by atoms with Crippen molar-refractivity contribution in [1.82, 2.24) is 0 Å². The van der Waals surface area contributed by atoms with Crippen LogP contribution < -0.4 is 10.1 Å². The largest absolute Gasteiger partial charge is 0.492 e. The van der Waals surface area contributed by atoms with Crippen LogP contribution in [0.15, 0.2) is 46.9 Å². The standard InChI is InChI=1S/C19H20BrNO4/c1-13-9-10-17(15(20)12-13)25-11-5-8-18(22)21-16-7-4-3-6-14(16)19(23)24-2/h3-4,6-7,9-10,12H,5,8,11H2,1-2H3,(H,21,22). The van der Waals surface area contributed by atoms with Crippen molar-refractivity contribution >= 4 is 33.5 Å². The zero-order valence-corrected chi connectivity index (χ0v) is 15.8. The lowest BCUT2D eigenvalue weighted by molar-refractivity contribution is -0.116. The maximum Gasteiger partial charge on any atom is 0.339 e. The van der Waals surface area contributed by atoms with Gasteiger partial charge < -0.3 is 14.8 Å². The maximum absolute atomic E-state index is 12.1. The molecule has 1 amide bonds. The Morgan fingerprint density at radius 1 is 1.16 bits per heavy atom. The number of anilines is 1. The Hall–Kier alpha value is -2.34. The van der Waals surface area contributed by atoms with Gasteiger partial charge in [0.2, 0.25) is 5.91 Å². The second-order valence-electron chi connectivity index (χ2n) is 5.47. The number of methoxy groups -OCH3 is 1. The molecule has 0 heterocycles. The summed E-state index contributed by atoms with van der Waals surface area (Å²) in [5.74, 6) is 0.0911. The molecule has 1 N–H and O–H groups in total. The van der Waals surface area contributed by atoms with Crippen LogP contribution in [0.25, 0.3) is 0 Å². The normalized spacial score (nSPS) is 10.2. The van der Waals surface area contributed by atoms with Crippen molar-refractivity contribution in [2.45, 2.75) is 19.8 Å². The van der Waals surface area contributed by atoms with Crippen LogP contribution in [0.5, 0.6) is 5.75 Å². The number of aryl methyl sites for hydroxylation is 1. The van der Waals surface area contributed by atoms with E-state index in [1.807, 2.05) is 25.1 Å². The molecule has 0 bridgehead atoms. The number of amides is 1. The molecule has 2 rings (SSSR count). The third-order valence-corrected chi connectivity index (χ3v) is 4.12. The summed E-state index contributed by atoms with van der Waals surface area (Å²) in [7, 11) is 1.31. The van der Waals surface area contributed by atoms with E-state index in [0.29, 0.717) is 30.7 Å². The van der Waals surface area contributed by atoms with Gasteiger partial charge in [-0.05, 0) is 59.1 Å². The van der Waals surface area contributed by atoms with Crippen LogP contribution in [0, 0.1) is 6.92 Å². The summed E-state index contributed by atoms with van der Waals surface area (Å²) in [4.78, 5) is 23.8. The zero-order chi connectivity index (χ0) is 18.2. The van der Waals surface area contributed by atoms with Crippen molar-refractivity contribution in [3.05, 3.63) is 58.1 Å². The maximum atomic E-state index is 12.1. The van der Waals surface area contributed by atoms with Crippen LogP contribution >= 0.6 is 15.9 Å². The molecule has 0 saturated heterocycles. The Morgan fingerprint density at radius 3 is 2.64 bits per heavy atom. The number of para-hydroxylation sites is 1. The van der Waals surface area contributed by atoms with Crippen molar-refractivity contribution in [3.8, 4) is 5.75 Å². The third kappa shape index (κ3) is 5.60. The summed E-state index contributed by atoms with van der Waals surface area (Å²) in [6.45, 7) is 2.43. The van der Waals surface area contributed by atoms with Crippen LogP contribution in [0.3, 0.4) is 0 Å². The van der Waals surface area contributed by atoms with E-state index in [-0.39, 0.29) is 5.91 Å². The molecule has 0 aliphatic rings. The molecule has 2 aromatic rings. The molecule has 0 spiro atoms. The molecule has 0 saturated carbocycles. The van der Waals surface area contributed by atoms with E-state index in [0.717, 1.165) is 15.8 Å². The van der Waals surface area contributed by atoms with E-state index in [1.165, 1.54) is 7.11 Å². The van der Waals surface area contributed by atoms with E-state index in [1.54, 1.807) is 24.3 Å². The summed E-state index contributed by atoms with van der Waals surface area (Å²) in [5.41, 5.74) is 1.92. The summed E-state index contributed by atoms with van der Waals surface area (Å²) < 4.78 is 11.3. The fourth-order valence-corrected chi connectivity index (χ4v) is 2.84. The van der Waals surface area contributed by atoms with Crippen molar-refractivity contribution in [2.24, 2.45) is 0 Å². The summed E-state index contributed by atoms with van der Waals surface area (Å²) >= 11 is 3.45. The lowest BCUT2D eigenvalue weighted by atomic mass is 10.1. The molecule has 0 aliphatic heterocycles. The van der Waals surface area contributed by atoms with E-state index in [4.69, 9.17) is 9.47 Å². The lowest BCUT2D eigenvalue weighted by Crippen LogP contribution is -2.15. The van der Waals surface area contributed by atoms with Gasteiger partial charge in [0.25, 0.3) is 0 Å². The van der Waals surface area contributed by atoms with Crippen molar-refractivity contribution < 1.29 is 19.1 Å². The van der Waals surface area contributed by atoms with Crippen LogP contribution in [-0.2, 0) is 9.53 Å². The van der Waals surface area contributed by atoms with Crippen LogP contribution in [0.2, 0.25) is 0 Å². The molecule has 25 heavy (non-hydrogen) atoms. The van der Waals surface area contributed by atoms with E-state index >= 15 is 0 Å². The van der Waals surface area contributed by atoms with Gasteiger partial charge in [0, 0.05) is 6.42 Å². The molecule has 5 nitrogen and oxygen atoms in total. The summed E-state index contributed by atoms with van der Waals surface area (Å²) in [5, 5.41) is 2.74. The lowest BCUT2D eigenvalue weighted by Gasteiger charge is -2.10. The molecule has 0 fully saturated rings. The Kier molecular flexibility index (Phi) is 7.01. The highest BCUT2D eigenvalue weighted by Crippen LogP contribution is 2.25. The molecule has 0 atom stereocenters. The van der Waals surface area contributed by atoms with Crippen molar-refractivity contribution in [2.75, 3.05) is 19.0 Å². The number of ether oxygens (including phenoxy) is 2. The minimum atomic E-state index is -0.483. The van der Waals surface area contributed by atoms with E-state index < -0.39 is 5.97 Å². The minimum absolute atomic E-state index is 0.178. The van der Waals surface area contributed by atoms with Gasteiger partial charge in [-0.3, -0.25) is 4.79 Å². The number of benzene rings is 2. The first-order valence-corrected chi connectivity index (χ1v) is 8.66. The quantitative estimate of drug-likeness (QED) is 0.549. The number of rotatable bonds is 7. The molecule has 0 radical (unpaired) electrons. The molecule has 132 valence electrons. The number of hydrogen-bond acceptors (Lipinski definition) is 4. The molecular weight excluding hydrogens is 386 g/mol. The van der Waals surface area contributed by atoms with Gasteiger partial charge in [-0.25, -0.2) is 4.79 Å². The summed E-state index contributed by atoms with van der Waals surface area (Å²) in [6, 6.07) is 12.6. The molecule has 0 aromatic heterocycles. The predicted octanol–water partition coefficient (Wildman–Crippen LogP) is 4.34. The predicted molar refractivity (Wildman–Crippen MR) is 100 cm³/mol. The Bertz CT molecular complexity index is 761. The first kappa shape index (κ1) is 19.0. The first-order chi connectivity index (χ1) is 12.0. The molecule has 2 aromatic carbocycles. The van der Waals surface area contributed by atoms with Crippen molar-refractivity contribution in [3.63, 3.8) is 0 Å². The Balaban J connectivity index is 1.82. The Morgan fingerprint density at radius 2 is 1.92 bits per heavy atom. The molecular formula is C19H20BrNO4. The van der Waals surface area contributed by atoms with Gasteiger partial charge >= 0.3 is 5.97 Å². The van der Waals surface area contributed by atoms with Gasteiger partial charge in [0.15, 0.2) is 0 Å².